The molecule has 15 heavy (non-hydrogen) atoms. The van der Waals surface area contributed by atoms with Crippen molar-refractivity contribution in [3.63, 3.8) is 0 Å². The molecule has 0 radical (unpaired) electrons. The second-order valence-electron chi connectivity index (χ2n) is 2.57. The molecule has 0 aliphatic heterocycles. The SMILES string of the molecule is COc1ccc(Br)c(F)c1C(=O)C(=O)O. The fourth-order valence-corrected chi connectivity index (χ4v) is 1.35. The van der Waals surface area contributed by atoms with Gasteiger partial charge in [0.2, 0.25) is 0 Å². The van der Waals surface area contributed by atoms with Gasteiger partial charge in [-0.05, 0) is 28.1 Å². The first-order valence-corrected chi connectivity index (χ1v) is 4.58. The van der Waals surface area contributed by atoms with Crippen LogP contribution in [0.3, 0.4) is 0 Å². The number of carboxylic acid groups (broad SMARTS) is 1. The Labute approximate surface area is 92.8 Å². The number of aliphatic carboxylic acids is 1. The minimum Gasteiger partial charge on any atom is -0.496 e. The zero-order valence-electron chi connectivity index (χ0n) is 7.58. The number of hydrogen-bond acceptors (Lipinski definition) is 3. The predicted octanol–water partition coefficient (Wildman–Crippen LogP) is 1.86. The van der Waals surface area contributed by atoms with E-state index < -0.39 is 23.1 Å². The molecule has 0 heterocycles. The van der Waals surface area contributed by atoms with Gasteiger partial charge >= 0.3 is 5.97 Å². The van der Waals surface area contributed by atoms with Crippen molar-refractivity contribution in [1.29, 1.82) is 0 Å². The summed E-state index contributed by atoms with van der Waals surface area (Å²) in [6.07, 6.45) is 0. The Morgan fingerprint density at radius 3 is 2.53 bits per heavy atom. The van der Waals surface area contributed by atoms with Crippen molar-refractivity contribution in [1.82, 2.24) is 0 Å². The van der Waals surface area contributed by atoms with Crippen LogP contribution in [0.5, 0.6) is 5.75 Å². The van der Waals surface area contributed by atoms with Gasteiger partial charge in [-0.1, -0.05) is 0 Å². The molecule has 80 valence electrons. The molecule has 6 heteroatoms. The van der Waals surface area contributed by atoms with Gasteiger partial charge < -0.3 is 9.84 Å². The van der Waals surface area contributed by atoms with E-state index in [2.05, 4.69) is 15.9 Å². The van der Waals surface area contributed by atoms with Crippen LogP contribution in [0.15, 0.2) is 16.6 Å². The molecule has 0 aliphatic carbocycles. The standard InChI is InChI=1S/C9H6BrFO4/c1-15-5-3-2-4(10)7(11)6(5)8(12)9(13)14/h2-3H,1H3,(H,13,14). The number of Topliss-reactive ketones (excluding diaryl/α,β-unsaturated/α-hetero) is 1. The molecule has 1 aromatic carbocycles. The Morgan fingerprint density at radius 2 is 2.07 bits per heavy atom. The van der Waals surface area contributed by atoms with E-state index in [-0.39, 0.29) is 10.2 Å². The molecule has 0 spiro atoms. The van der Waals surface area contributed by atoms with Crippen LogP contribution in [0.2, 0.25) is 0 Å². The smallest absolute Gasteiger partial charge is 0.377 e. The lowest BCUT2D eigenvalue weighted by Gasteiger charge is -2.07. The van der Waals surface area contributed by atoms with E-state index in [9.17, 15) is 14.0 Å². The number of carbonyl (C=O) groups excluding carboxylic acids is 1. The maximum Gasteiger partial charge on any atom is 0.377 e. The zero-order chi connectivity index (χ0) is 11.6. The molecular formula is C9H6BrFO4. The first-order chi connectivity index (χ1) is 6.99. The van der Waals surface area contributed by atoms with Gasteiger partial charge in [-0.2, -0.15) is 0 Å². The third-order valence-electron chi connectivity index (χ3n) is 1.70. The molecule has 0 saturated carbocycles. The van der Waals surface area contributed by atoms with Crippen LogP contribution in [0.4, 0.5) is 4.39 Å². The van der Waals surface area contributed by atoms with Gasteiger partial charge in [-0.15, -0.1) is 0 Å². The Kier molecular flexibility index (Phi) is 3.41. The van der Waals surface area contributed by atoms with Gasteiger partial charge in [0.25, 0.3) is 5.78 Å². The summed E-state index contributed by atoms with van der Waals surface area (Å²) >= 11 is 2.85. The van der Waals surface area contributed by atoms with E-state index in [0.29, 0.717) is 0 Å². The van der Waals surface area contributed by atoms with Crippen molar-refractivity contribution in [3.8, 4) is 5.75 Å². The molecule has 4 nitrogen and oxygen atoms in total. The van der Waals surface area contributed by atoms with Gasteiger partial charge in [-0.25, -0.2) is 9.18 Å². The molecule has 1 aromatic rings. The van der Waals surface area contributed by atoms with Crippen molar-refractivity contribution < 1.29 is 23.8 Å². The van der Waals surface area contributed by atoms with Crippen molar-refractivity contribution in [3.05, 3.63) is 28.0 Å². The number of benzene rings is 1. The second kappa shape index (κ2) is 4.39. The summed E-state index contributed by atoms with van der Waals surface area (Å²) in [7, 11) is 1.22. The van der Waals surface area contributed by atoms with Gasteiger partial charge in [0.15, 0.2) is 5.82 Å². The van der Waals surface area contributed by atoms with Gasteiger partial charge in [-0.3, -0.25) is 4.79 Å². The number of rotatable bonds is 3. The van der Waals surface area contributed by atoms with Crippen molar-refractivity contribution in [2.75, 3.05) is 7.11 Å². The molecule has 0 amide bonds. The Morgan fingerprint density at radius 1 is 1.47 bits per heavy atom. The average molecular weight is 277 g/mol. The number of ether oxygens (including phenoxy) is 1. The van der Waals surface area contributed by atoms with Crippen LogP contribution >= 0.6 is 15.9 Å². The summed E-state index contributed by atoms with van der Waals surface area (Å²) in [4.78, 5) is 21.6. The number of methoxy groups -OCH3 is 1. The molecule has 0 aliphatic rings. The lowest BCUT2D eigenvalue weighted by molar-refractivity contribution is -0.131. The topological polar surface area (TPSA) is 63.6 Å². The van der Waals surface area contributed by atoms with Crippen molar-refractivity contribution >= 4 is 27.7 Å². The molecule has 0 saturated heterocycles. The minimum atomic E-state index is -1.73. The van der Waals surface area contributed by atoms with Gasteiger partial charge in [0.05, 0.1) is 11.6 Å². The summed E-state index contributed by atoms with van der Waals surface area (Å²) < 4.78 is 18.2. The molecular weight excluding hydrogens is 271 g/mol. The number of halogens is 2. The molecule has 1 rings (SSSR count). The van der Waals surface area contributed by atoms with Crippen molar-refractivity contribution in [2.24, 2.45) is 0 Å². The summed E-state index contributed by atoms with van der Waals surface area (Å²) in [5.74, 6) is -4.12. The lowest BCUT2D eigenvalue weighted by Crippen LogP contribution is -2.16. The van der Waals surface area contributed by atoms with E-state index in [1.165, 1.54) is 19.2 Å². The van der Waals surface area contributed by atoms with E-state index >= 15 is 0 Å². The maximum absolute atomic E-state index is 13.4. The predicted molar refractivity (Wildman–Crippen MR) is 52.6 cm³/mol. The highest BCUT2D eigenvalue weighted by Gasteiger charge is 2.25. The van der Waals surface area contributed by atoms with E-state index in [1.807, 2.05) is 0 Å². The number of hydrogen-bond donors (Lipinski definition) is 1. The van der Waals surface area contributed by atoms with Crippen LogP contribution in [0.25, 0.3) is 0 Å². The summed E-state index contributed by atoms with van der Waals surface area (Å²) in [5.41, 5.74) is -0.584. The highest BCUT2D eigenvalue weighted by molar-refractivity contribution is 9.10. The average Bonchev–Trinajstić information content (AvgIpc) is 2.20. The Hall–Kier alpha value is -1.43. The first-order valence-electron chi connectivity index (χ1n) is 3.78. The lowest BCUT2D eigenvalue weighted by atomic mass is 10.1. The van der Waals surface area contributed by atoms with Crippen LogP contribution in [-0.2, 0) is 4.79 Å². The van der Waals surface area contributed by atoms with E-state index in [4.69, 9.17) is 9.84 Å². The summed E-state index contributed by atoms with van der Waals surface area (Å²) in [5, 5.41) is 8.48. The molecule has 0 atom stereocenters. The van der Waals surface area contributed by atoms with Crippen LogP contribution < -0.4 is 4.74 Å². The fourth-order valence-electron chi connectivity index (χ4n) is 1.02. The molecule has 1 N–H and O–H groups in total. The van der Waals surface area contributed by atoms with Gasteiger partial charge in [0.1, 0.15) is 11.3 Å². The molecule has 0 aromatic heterocycles. The normalized spacial score (nSPS) is 9.80. The van der Waals surface area contributed by atoms with Crippen molar-refractivity contribution in [2.45, 2.75) is 0 Å². The minimum absolute atomic E-state index is 0.00731. The zero-order valence-corrected chi connectivity index (χ0v) is 9.17. The molecule has 0 fully saturated rings. The first kappa shape index (κ1) is 11.6. The fraction of sp³-hybridized carbons (Fsp3) is 0.111. The molecule has 0 unspecified atom stereocenters. The number of carbonyl (C=O) groups is 2. The third kappa shape index (κ3) is 2.15. The molecule has 0 bridgehead atoms. The highest BCUT2D eigenvalue weighted by atomic mass is 79.9. The second-order valence-corrected chi connectivity index (χ2v) is 3.43. The largest absolute Gasteiger partial charge is 0.496 e. The Balaban J connectivity index is 3.42. The summed E-state index contributed by atoms with van der Waals surface area (Å²) in [6.45, 7) is 0. The maximum atomic E-state index is 13.4. The number of carboxylic acids is 1. The van der Waals surface area contributed by atoms with Crippen LogP contribution in [0, 0.1) is 5.82 Å². The van der Waals surface area contributed by atoms with Crippen LogP contribution in [0.1, 0.15) is 10.4 Å². The highest BCUT2D eigenvalue weighted by Crippen LogP contribution is 2.27. The monoisotopic (exact) mass is 276 g/mol. The third-order valence-corrected chi connectivity index (χ3v) is 2.31. The Bertz CT molecular complexity index is 430. The quantitative estimate of drug-likeness (QED) is 0.676. The summed E-state index contributed by atoms with van der Waals surface area (Å²) in [6, 6.07) is 2.64. The van der Waals surface area contributed by atoms with Crippen LogP contribution in [-0.4, -0.2) is 24.0 Å². The van der Waals surface area contributed by atoms with Gasteiger partial charge in [0, 0.05) is 0 Å². The number of ketones is 1. The van der Waals surface area contributed by atoms with E-state index in [1.54, 1.807) is 0 Å². The van der Waals surface area contributed by atoms with E-state index in [0.717, 1.165) is 0 Å².